The van der Waals surface area contributed by atoms with Crippen molar-refractivity contribution in [2.24, 2.45) is 5.92 Å². The number of nitrogen functional groups attached to an aromatic ring is 1. The summed E-state index contributed by atoms with van der Waals surface area (Å²) in [5, 5.41) is 3.91. The second kappa shape index (κ2) is 5.54. The van der Waals surface area contributed by atoms with Crippen molar-refractivity contribution in [3.05, 3.63) is 29.3 Å². The molecule has 104 valence electrons. The van der Waals surface area contributed by atoms with Crippen molar-refractivity contribution in [3.8, 4) is 0 Å². The quantitative estimate of drug-likeness (QED) is 0.625. The van der Waals surface area contributed by atoms with Gasteiger partial charge >= 0.3 is 0 Å². The minimum Gasteiger partial charge on any atom is -0.399 e. The molecule has 0 spiro atoms. The van der Waals surface area contributed by atoms with Crippen LogP contribution in [0.15, 0.2) is 18.2 Å². The van der Waals surface area contributed by atoms with Gasteiger partial charge in [0.05, 0.1) is 0 Å². The first-order chi connectivity index (χ1) is 9.22. The third-order valence-corrected chi connectivity index (χ3v) is 4.94. The molecule has 3 unspecified atom stereocenters. The van der Waals surface area contributed by atoms with Crippen molar-refractivity contribution in [2.75, 3.05) is 5.73 Å². The van der Waals surface area contributed by atoms with Crippen LogP contribution >= 0.6 is 0 Å². The molecule has 3 rings (SSSR count). The number of nitrogens with one attached hydrogen (secondary N) is 1. The van der Waals surface area contributed by atoms with Crippen LogP contribution in [0.1, 0.15) is 62.6 Å². The molecule has 1 aromatic carbocycles. The van der Waals surface area contributed by atoms with E-state index >= 15 is 0 Å². The molecular weight excluding hydrogens is 232 g/mol. The SMILES string of the molecule is CC1CCCC(NC2CCc3cc(N)ccc32)CC1. The van der Waals surface area contributed by atoms with E-state index in [2.05, 4.69) is 24.4 Å². The summed E-state index contributed by atoms with van der Waals surface area (Å²) in [5.41, 5.74) is 9.73. The summed E-state index contributed by atoms with van der Waals surface area (Å²) < 4.78 is 0. The molecule has 19 heavy (non-hydrogen) atoms. The van der Waals surface area contributed by atoms with Gasteiger partial charge in [0.2, 0.25) is 0 Å². The number of aryl methyl sites for hydroxylation is 1. The van der Waals surface area contributed by atoms with Gasteiger partial charge in [0, 0.05) is 17.8 Å². The Morgan fingerprint density at radius 2 is 2.00 bits per heavy atom. The van der Waals surface area contributed by atoms with Crippen LogP contribution in [-0.4, -0.2) is 6.04 Å². The van der Waals surface area contributed by atoms with E-state index in [4.69, 9.17) is 5.73 Å². The zero-order valence-electron chi connectivity index (χ0n) is 12.0. The molecule has 0 aromatic heterocycles. The molecule has 0 amide bonds. The molecule has 1 aromatic rings. The molecule has 2 heteroatoms. The minimum absolute atomic E-state index is 0.564. The highest BCUT2D eigenvalue weighted by atomic mass is 15.0. The van der Waals surface area contributed by atoms with Gasteiger partial charge in [-0.2, -0.15) is 0 Å². The van der Waals surface area contributed by atoms with Crippen LogP contribution in [0.4, 0.5) is 5.69 Å². The highest BCUT2D eigenvalue weighted by Gasteiger charge is 2.25. The predicted molar refractivity (Wildman–Crippen MR) is 81.1 cm³/mol. The van der Waals surface area contributed by atoms with Crippen LogP contribution in [0.5, 0.6) is 0 Å². The van der Waals surface area contributed by atoms with Crippen molar-refractivity contribution in [2.45, 2.75) is 64.0 Å². The summed E-state index contributed by atoms with van der Waals surface area (Å²) in [7, 11) is 0. The third kappa shape index (κ3) is 2.94. The van der Waals surface area contributed by atoms with Crippen LogP contribution in [-0.2, 0) is 6.42 Å². The number of benzene rings is 1. The fourth-order valence-electron chi connectivity index (χ4n) is 3.75. The standard InChI is InChI=1S/C17H26N2/c1-12-3-2-4-15(8-5-12)19-17-10-6-13-11-14(18)7-9-16(13)17/h7,9,11-12,15,17,19H,2-6,8,10,18H2,1H3. The second-order valence-corrected chi connectivity index (χ2v) is 6.53. The van der Waals surface area contributed by atoms with E-state index in [9.17, 15) is 0 Å². The first kappa shape index (κ1) is 13.0. The van der Waals surface area contributed by atoms with E-state index in [0.717, 1.165) is 17.6 Å². The van der Waals surface area contributed by atoms with Gasteiger partial charge in [0.25, 0.3) is 0 Å². The Kier molecular flexibility index (Phi) is 3.79. The lowest BCUT2D eigenvalue weighted by Gasteiger charge is -2.22. The van der Waals surface area contributed by atoms with Crippen LogP contribution in [0.3, 0.4) is 0 Å². The predicted octanol–water partition coefficient (Wildman–Crippen LogP) is 3.81. The average molecular weight is 258 g/mol. The largest absolute Gasteiger partial charge is 0.399 e. The van der Waals surface area contributed by atoms with Crippen molar-refractivity contribution >= 4 is 5.69 Å². The second-order valence-electron chi connectivity index (χ2n) is 6.53. The number of fused-ring (bicyclic) bond motifs is 1. The van der Waals surface area contributed by atoms with Crippen molar-refractivity contribution in [3.63, 3.8) is 0 Å². The Morgan fingerprint density at radius 3 is 2.89 bits per heavy atom. The zero-order chi connectivity index (χ0) is 13.2. The van der Waals surface area contributed by atoms with Crippen LogP contribution in [0, 0.1) is 5.92 Å². The summed E-state index contributed by atoms with van der Waals surface area (Å²) in [5.74, 6) is 0.919. The summed E-state index contributed by atoms with van der Waals surface area (Å²) >= 11 is 0. The van der Waals surface area contributed by atoms with Gasteiger partial charge in [0.1, 0.15) is 0 Å². The van der Waals surface area contributed by atoms with E-state index in [1.54, 1.807) is 0 Å². The summed E-state index contributed by atoms with van der Waals surface area (Å²) in [6, 6.07) is 7.72. The molecule has 0 heterocycles. The van der Waals surface area contributed by atoms with Gasteiger partial charge < -0.3 is 11.1 Å². The molecule has 0 radical (unpaired) electrons. The molecule has 3 N–H and O–H groups in total. The summed E-state index contributed by atoms with van der Waals surface area (Å²) in [4.78, 5) is 0. The molecule has 2 aliphatic rings. The summed E-state index contributed by atoms with van der Waals surface area (Å²) in [6.07, 6.45) is 9.31. The van der Waals surface area contributed by atoms with Gasteiger partial charge in [-0.05, 0) is 61.3 Å². The molecule has 3 atom stereocenters. The van der Waals surface area contributed by atoms with E-state index in [-0.39, 0.29) is 0 Å². The lowest BCUT2D eigenvalue weighted by molar-refractivity contribution is 0.392. The Labute approximate surface area is 116 Å². The van der Waals surface area contributed by atoms with Crippen LogP contribution in [0.25, 0.3) is 0 Å². The Hall–Kier alpha value is -1.02. The van der Waals surface area contributed by atoms with Gasteiger partial charge in [-0.25, -0.2) is 0 Å². The fraction of sp³-hybridized carbons (Fsp3) is 0.647. The molecule has 0 bridgehead atoms. The van der Waals surface area contributed by atoms with E-state index < -0.39 is 0 Å². The van der Waals surface area contributed by atoms with Gasteiger partial charge in [-0.15, -0.1) is 0 Å². The molecule has 2 nitrogen and oxygen atoms in total. The maximum absolute atomic E-state index is 5.88. The van der Waals surface area contributed by atoms with Gasteiger partial charge in [-0.3, -0.25) is 0 Å². The number of hydrogen-bond donors (Lipinski definition) is 2. The topological polar surface area (TPSA) is 38.0 Å². The maximum Gasteiger partial charge on any atom is 0.0328 e. The molecule has 1 saturated carbocycles. The van der Waals surface area contributed by atoms with Crippen molar-refractivity contribution in [1.29, 1.82) is 0 Å². The fourth-order valence-corrected chi connectivity index (χ4v) is 3.75. The molecular formula is C17H26N2. The monoisotopic (exact) mass is 258 g/mol. The lowest BCUT2D eigenvalue weighted by Crippen LogP contribution is -2.31. The Bertz CT molecular complexity index is 441. The van der Waals surface area contributed by atoms with Crippen molar-refractivity contribution < 1.29 is 0 Å². The zero-order valence-corrected chi connectivity index (χ0v) is 12.0. The number of rotatable bonds is 2. The van der Waals surface area contributed by atoms with Gasteiger partial charge in [-0.1, -0.05) is 25.8 Å². The lowest BCUT2D eigenvalue weighted by atomic mass is 10.0. The Morgan fingerprint density at radius 1 is 1.11 bits per heavy atom. The van der Waals surface area contributed by atoms with E-state index in [0.29, 0.717) is 6.04 Å². The average Bonchev–Trinajstić information content (AvgIpc) is 2.65. The third-order valence-electron chi connectivity index (χ3n) is 4.94. The normalized spacial score (nSPS) is 30.9. The van der Waals surface area contributed by atoms with Crippen LogP contribution in [0.2, 0.25) is 0 Å². The molecule has 0 saturated heterocycles. The highest BCUT2D eigenvalue weighted by molar-refractivity contribution is 5.47. The van der Waals surface area contributed by atoms with E-state index in [1.807, 2.05) is 6.07 Å². The highest BCUT2D eigenvalue weighted by Crippen LogP contribution is 2.34. The van der Waals surface area contributed by atoms with Crippen molar-refractivity contribution in [1.82, 2.24) is 5.32 Å². The Balaban J connectivity index is 1.66. The first-order valence-corrected chi connectivity index (χ1v) is 7.86. The number of nitrogens with two attached hydrogens (primary N) is 1. The summed E-state index contributed by atoms with van der Waals surface area (Å²) in [6.45, 7) is 2.40. The first-order valence-electron chi connectivity index (χ1n) is 7.86. The molecule has 1 fully saturated rings. The molecule has 2 aliphatic carbocycles. The number of anilines is 1. The minimum atomic E-state index is 0.564. The molecule has 0 aliphatic heterocycles. The van der Waals surface area contributed by atoms with Gasteiger partial charge in [0.15, 0.2) is 0 Å². The number of hydrogen-bond acceptors (Lipinski definition) is 2. The maximum atomic E-state index is 5.88. The van der Waals surface area contributed by atoms with E-state index in [1.165, 1.54) is 56.1 Å². The smallest absolute Gasteiger partial charge is 0.0328 e. The van der Waals surface area contributed by atoms with Crippen LogP contribution < -0.4 is 11.1 Å².